The van der Waals surface area contributed by atoms with Crippen molar-refractivity contribution in [2.24, 2.45) is 0 Å². The molecule has 3 aromatic rings. The van der Waals surface area contributed by atoms with Crippen LogP contribution in [-0.4, -0.2) is 4.57 Å². The van der Waals surface area contributed by atoms with Crippen molar-refractivity contribution in [3.8, 4) is 16.8 Å². The fourth-order valence-corrected chi connectivity index (χ4v) is 2.30. The van der Waals surface area contributed by atoms with Crippen molar-refractivity contribution < 1.29 is 8.78 Å². The van der Waals surface area contributed by atoms with E-state index < -0.39 is 6.43 Å². The molecule has 0 radical (unpaired) electrons. The van der Waals surface area contributed by atoms with Crippen LogP contribution in [0.2, 0.25) is 0 Å². The van der Waals surface area contributed by atoms with Crippen LogP contribution in [0.5, 0.6) is 0 Å². The second-order valence-electron chi connectivity index (χ2n) is 4.89. The monoisotopic (exact) mass is 297 g/mol. The Bertz CT molecular complexity index is 841. The Morgan fingerprint density at radius 2 is 1.59 bits per heavy atom. The second kappa shape index (κ2) is 5.93. The molecule has 0 atom stereocenters. The Kier molecular flexibility index (Phi) is 3.83. The number of nitrogens with zero attached hydrogens (tertiary/aromatic N) is 1. The van der Waals surface area contributed by atoms with Crippen molar-refractivity contribution in [1.82, 2.24) is 4.57 Å². The third-order valence-corrected chi connectivity index (χ3v) is 3.42. The van der Waals surface area contributed by atoms with Crippen molar-refractivity contribution >= 4 is 0 Å². The van der Waals surface area contributed by atoms with Gasteiger partial charge in [0.15, 0.2) is 0 Å². The van der Waals surface area contributed by atoms with Crippen LogP contribution in [0.25, 0.3) is 16.8 Å². The van der Waals surface area contributed by atoms with Gasteiger partial charge >= 0.3 is 0 Å². The van der Waals surface area contributed by atoms with E-state index in [0.717, 1.165) is 11.1 Å². The maximum atomic E-state index is 12.8. The number of hydrogen-bond acceptors (Lipinski definition) is 1. The molecule has 0 aliphatic rings. The molecule has 0 spiro atoms. The molecule has 0 aliphatic carbocycles. The van der Waals surface area contributed by atoms with Crippen molar-refractivity contribution in [2.45, 2.75) is 6.43 Å². The minimum Gasteiger partial charge on any atom is -0.284 e. The number of pyridine rings is 1. The minimum absolute atomic E-state index is 0.102. The lowest BCUT2D eigenvalue weighted by Crippen LogP contribution is -2.16. The third kappa shape index (κ3) is 2.81. The first-order valence-corrected chi connectivity index (χ1v) is 6.82. The molecule has 3 rings (SSSR count). The lowest BCUT2D eigenvalue weighted by atomic mass is 10.1. The van der Waals surface area contributed by atoms with Gasteiger partial charge in [0, 0.05) is 23.5 Å². The van der Waals surface area contributed by atoms with Gasteiger partial charge in [-0.05, 0) is 29.3 Å². The predicted octanol–water partition coefficient (Wildman–Crippen LogP) is 4.44. The van der Waals surface area contributed by atoms with Crippen LogP contribution in [0.15, 0.2) is 77.7 Å². The van der Waals surface area contributed by atoms with Gasteiger partial charge in [0.25, 0.3) is 12.0 Å². The highest BCUT2D eigenvalue weighted by Crippen LogP contribution is 2.22. The lowest BCUT2D eigenvalue weighted by Gasteiger charge is -2.10. The summed E-state index contributed by atoms with van der Waals surface area (Å²) in [5, 5.41) is 0. The van der Waals surface area contributed by atoms with Crippen LogP contribution in [0.1, 0.15) is 12.0 Å². The first kappa shape index (κ1) is 14.2. The van der Waals surface area contributed by atoms with E-state index in [0.29, 0.717) is 5.69 Å². The molecule has 0 saturated heterocycles. The van der Waals surface area contributed by atoms with Gasteiger partial charge in [0.2, 0.25) is 0 Å². The third-order valence-electron chi connectivity index (χ3n) is 3.42. The number of benzene rings is 2. The van der Waals surface area contributed by atoms with E-state index >= 15 is 0 Å². The molecule has 22 heavy (non-hydrogen) atoms. The molecular formula is C18H13F2NO. The fourth-order valence-electron chi connectivity index (χ4n) is 2.30. The highest BCUT2D eigenvalue weighted by Gasteiger charge is 2.09. The van der Waals surface area contributed by atoms with E-state index in [4.69, 9.17) is 0 Å². The molecule has 1 aromatic heterocycles. The Morgan fingerprint density at radius 1 is 0.818 bits per heavy atom. The van der Waals surface area contributed by atoms with Gasteiger partial charge in [-0.1, -0.05) is 42.5 Å². The van der Waals surface area contributed by atoms with Crippen LogP contribution in [-0.2, 0) is 0 Å². The molecule has 4 heteroatoms. The summed E-state index contributed by atoms with van der Waals surface area (Å²) in [5.41, 5.74) is 1.88. The summed E-state index contributed by atoms with van der Waals surface area (Å²) >= 11 is 0. The molecule has 2 nitrogen and oxygen atoms in total. The molecule has 0 saturated carbocycles. The molecule has 0 unspecified atom stereocenters. The molecule has 0 N–H and O–H groups in total. The lowest BCUT2D eigenvalue weighted by molar-refractivity contribution is 0.151. The summed E-state index contributed by atoms with van der Waals surface area (Å²) in [5.74, 6) is 0. The normalized spacial score (nSPS) is 10.9. The minimum atomic E-state index is -2.56. The number of aromatic nitrogens is 1. The predicted molar refractivity (Wildman–Crippen MR) is 82.4 cm³/mol. The molecule has 1 heterocycles. The van der Waals surface area contributed by atoms with Crippen molar-refractivity contribution in [3.63, 3.8) is 0 Å². The molecule has 0 fully saturated rings. The summed E-state index contributed by atoms with van der Waals surface area (Å²) < 4.78 is 27.0. The number of alkyl halides is 2. The van der Waals surface area contributed by atoms with Crippen LogP contribution >= 0.6 is 0 Å². The maximum Gasteiger partial charge on any atom is 0.263 e. The summed E-state index contributed by atoms with van der Waals surface area (Å²) in [4.78, 5) is 12.1. The van der Waals surface area contributed by atoms with Crippen LogP contribution in [0.3, 0.4) is 0 Å². The summed E-state index contributed by atoms with van der Waals surface area (Å²) in [6.07, 6.45) is -0.893. The maximum absolute atomic E-state index is 12.8. The Morgan fingerprint density at radius 3 is 2.32 bits per heavy atom. The highest BCUT2D eigenvalue weighted by molar-refractivity contribution is 5.62. The zero-order valence-corrected chi connectivity index (χ0v) is 11.6. The Labute approximate surface area is 126 Å². The van der Waals surface area contributed by atoms with Crippen LogP contribution < -0.4 is 5.56 Å². The van der Waals surface area contributed by atoms with Crippen molar-refractivity contribution in [2.75, 3.05) is 0 Å². The summed E-state index contributed by atoms with van der Waals surface area (Å²) in [6, 6.07) is 18.6. The smallest absolute Gasteiger partial charge is 0.263 e. The van der Waals surface area contributed by atoms with Crippen LogP contribution in [0.4, 0.5) is 8.78 Å². The average Bonchev–Trinajstić information content (AvgIpc) is 2.56. The largest absolute Gasteiger partial charge is 0.284 e. The topological polar surface area (TPSA) is 22.0 Å². The molecule has 0 aliphatic heterocycles. The average molecular weight is 297 g/mol. The van der Waals surface area contributed by atoms with E-state index in [2.05, 4.69) is 0 Å². The molecule has 0 amide bonds. The van der Waals surface area contributed by atoms with E-state index in [1.165, 1.54) is 28.8 Å². The second-order valence-corrected chi connectivity index (χ2v) is 4.89. The van der Waals surface area contributed by atoms with E-state index in [1.807, 2.05) is 30.3 Å². The number of hydrogen-bond donors (Lipinski definition) is 0. The van der Waals surface area contributed by atoms with E-state index in [9.17, 15) is 13.6 Å². The Balaban J connectivity index is 2.11. The highest BCUT2D eigenvalue weighted by atomic mass is 19.3. The molecular weight excluding hydrogens is 284 g/mol. The van der Waals surface area contributed by atoms with E-state index in [1.54, 1.807) is 18.3 Å². The van der Waals surface area contributed by atoms with Gasteiger partial charge in [0.05, 0.1) is 0 Å². The first-order chi connectivity index (χ1) is 10.6. The van der Waals surface area contributed by atoms with Gasteiger partial charge in [-0.15, -0.1) is 0 Å². The van der Waals surface area contributed by atoms with Gasteiger partial charge in [0.1, 0.15) is 0 Å². The van der Waals surface area contributed by atoms with Gasteiger partial charge in [-0.3, -0.25) is 9.36 Å². The van der Waals surface area contributed by atoms with Gasteiger partial charge < -0.3 is 0 Å². The zero-order chi connectivity index (χ0) is 15.5. The SMILES string of the molecule is O=c1ccc(-c2ccccc2)cn1-c1cccc(C(F)F)c1. The molecule has 110 valence electrons. The standard InChI is InChI=1S/C18H13F2NO/c19-18(20)14-7-4-8-16(11-14)21-12-15(9-10-17(21)22)13-5-2-1-3-6-13/h1-12,18H. The van der Waals surface area contributed by atoms with E-state index in [-0.39, 0.29) is 11.1 Å². The molecule has 2 aromatic carbocycles. The Hall–Kier alpha value is -2.75. The quantitative estimate of drug-likeness (QED) is 0.700. The zero-order valence-electron chi connectivity index (χ0n) is 11.6. The van der Waals surface area contributed by atoms with Crippen molar-refractivity contribution in [1.29, 1.82) is 0 Å². The van der Waals surface area contributed by atoms with Gasteiger partial charge in [-0.2, -0.15) is 0 Å². The van der Waals surface area contributed by atoms with Gasteiger partial charge in [-0.25, -0.2) is 8.78 Å². The first-order valence-electron chi connectivity index (χ1n) is 6.82. The fraction of sp³-hybridized carbons (Fsp3) is 0.0556. The van der Waals surface area contributed by atoms with Crippen molar-refractivity contribution in [3.05, 3.63) is 88.8 Å². The molecule has 0 bridgehead atoms. The number of rotatable bonds is 3. The summed E-state index contributed by atoms with van der Waals surface area (Å²) in [6.45, 7) is 0. The summed E-state index contributed by atoms with van der Waals surface area (Å²) in [7, 11) is 0. The van der Waals surface area contributed by atoms with Crippen LogP contribution in [0, 0.1) is 0 Å². The number of halogens is 2.